The molecule has 0 saturated heterocycles. The normalized spacial score (nSPS) is 16.2. The van der Waals surface area contributed by atoms with Crippen molar-refractivity contribution in [3.8, 4) is 0 Å². The number of fused-ring (bicyclic) bond motifs is 6. The minimum absolute atomic E-state index is 0.0574. The zero-order valence-corrected chi connectivity index (χ0v) is 15.7. The van der Waals surface area contributed by atoms with Gasteiger partial charge in [0.2, 0.25) is 0 Å². The van der Waals surface area contributed by atoms with Crippen LogP contribution in [0.3, 0.4) is 0 Å². The molecule has 0 unspecified atom stereocenters. The predicted octanol–water partition coefficient (Wildman–Crippen LogP) is 3.01. The lowest BCUT2D eigenvalue weighted by atomic mass is 9.97. The van der Waals surface area contributed by atoms with Crippen LogP contribution in [0.15, 0.2) is 30.6 Å². The third-order valence-electron chi connectivity index (χ3n) is 5.51. The fraction of sp³-hybridized carbons (Fsp3) is 0.250. The molecule has 0 atom stereocenters. The van der Waals surface area contributed by atoms with Gasteiger partial charge in [-0.1, -0.05) is 12.1 Å². The summed E-state index contributed by atoms with van der Waals surface area (Å²) in [5.41, 5.74) is 2.97. The van der Waals surface area contributed by atoms with Gasteiger partial charge in [-0.15, -0.1) is 16.4 Å². The zero-order chi connectivity index (χ0) is 18.8. The van der Waals surface area contributed by atoms with Crippen molar-refractivity contribution >= 4 is 39.0 Å². The first-order chi connectivity index (χ1) is 13.7. The number of carbonyl (C=O) groups excluding carboxylic acids is 2. The highest BCUT2D eigenvalue weighted by molar-refractivity contribution is 7.19. The number of carbonyl (C=O) groups is 2. The molecule has 1 aliphatic heterocycles. The van der Waals surface area contributed by atoms with E-state index in [1.165, 1.54) is 28.2 Å². The molecule has 0 N–H and O–H groups in total. The number of hydrogen-bond donors (Lipinski definition) is 0. The van der Waals surface area contributed by atoms with Crippen molar-refractivity contribution in [3.63, 3.8) is 0 Å². The fourth-order valence-corrected chi connectivity index (χ4v) is 5.41. The Bertz CT molecular complexity index is 1270. The first kappa shape index (κ1) is 15.9. The van der Waals surface area contributed by atoms with E-state index in [0.29, 0.717) is 17.0 Å². The number of rotatable bonds is 2. The molecular formula is C20H15N5O2S. The first-order valence-corrected chi connectivity index (χ1v) is 10.1. The lowest BCUT2D eigenvalue weighted by molar-refractivity contribution is 0.0638. The Balaban J connectivity index is 1.43. The first-order valence-electron chi connectivity index (χ1n) is 9.30. The van der Waals surface area contributed by atoms with E-state index >= 15 is 0 Å². The van der Waals surface area contributed by atoms with Crippen LogP contribution in [0.4, 0.5) is 0 Å². The highest BCUT2D eigenvalue weighted by Gasteiger charge is 2.36. The summed E-state index contributed by atoms with van der Waals surface area (Å²) >= 11 is 1.74. The molecule has 6 rings (SSSR count). The summed E-state index contributed by atoms with van der Waals surface area (Å²) in [6.07, 6.45) is 6.19. The van der Waals surface area contributed by atoms with Crippen molar-refractivity contribution < 1.29 is 9.59 Å². The minimum Gasteiger partial charge on any atom is -0.269 e. The Kier molecular flexibility index (Phi) is 3.22. The molecule has 0 fully saturated rings. The zero-order valence-electron chi connectivity index (χ0n) is 14.9. The maximum atomic E-state index is 12.6. The van der Waals surface area contributed by atoms with E-state index in [0.717, 1.165) is 28.7 Å². The molecule has 1 aliphatic carbocycles. The molecule has 28 heavy (non-hydrogen) atoms. The van der Waals surface area contributed by atoms with Crippen LogP contribution in [0.2, 0.25) is 0 Å². The summed E-state index contributed by atoms with van der Waals surface area (Å²) in [6.45, 7) is 0.0574. The van der Waals surface area contributed by atoms with E-state index in [-0.39, 0.29) is 18.4 Å². The Morgan fingerprint density at radius 1 is 1.04 bits per heavy atom. The summed E-state index contributed by atoms with van der Waals surface area (Å²) < 4.78 is 1.66. The van der Waals surface area contributed by atoms with Crippen LogP contribution >= 0.6 is 11.3 Å². The number of amides is 2. The molecule has 2 amide bonds. The van der Waals surface area contributed by atoms with Crippen LogP contribution in [-0.4, -0.2) is 36.3 Å². The van der Waals surface area contributed by atoms with Crippen molar-refractivity contribution in [1.29, 1.82) is 0 Å². The van der Waals surface area contributed by atoms with Crippen molar-refractivity contribution in [2.45, 2.75) is 32.2 Å². The van der Waals surface area contributed by atoms with E-state index in [1.807, 2.05) is 0 Å². The summed E-state index contributed by atoms with van der Waals surface area (Å²) in [5, 5.41) is 5.56. The molecule has 0 saturated carbocycles. The monoisotopic (exact) mass is 389 g/mol. The predicted molar refractivity (Wildman–Crippen MR) is 103 cm³/mol. The van der Waals surface area contributed by atoms with Gasteiger partial charge in [0.15, 0.2) is 11.5 Å². The van der Waals surface area contributed by atoms with Crippen molar-refractivity contribution in [2.24, 2.45) is 0 Å². The molecule has 3 aromatic heterocycles. The van der Waals surface area contributed by atoms with Crippen LogP contribution in [0.1, 0.15) is 49.8 Å². The van der Waals surface area contributed by atoms with Gasteiger partial charge in [0.05, 0.1) is 23.1 Å². The third kappa shape index (κ3) is 2.12. The van der Waals surface area contributed by atoms with Gasteiger partial charge in [0.1, 0.15) is 11.2 Å². The average molecular weight is 389 g/mol. The maximum absolute atomic E-state index is 12.6. The van der Waals surface area contributed by atoms with Crippen LogP contribution in [0.25, 0.3) is 15.9 Å². The molecule has 2 aliphatic rings. The second-order valence-electron chi connectivity index (χ2n) is 7.17. The molecule has 7 nitrogen and oxygen atoms in total. The van der Waals surface area contributed by atoms with Gasteiger partial charge in [0, 0.05) is 4.88 Å². The molecule has 8 heteroatoms. The minimum atomic E-state index is -0.296. The number of aromatic nitrogens is 4. The standard InChI is InChI=1S/C20H15N5O2S/c26-19-11-5-1-2-6-12(11)20(27)24(19)9-15-22-17-16-13-7-3-4-8-14(13)28-18(16)21-10-25(17)23-15/h1-2,5-6,10H,3-4,7-9H2. The van der Waals surface area contributed by atoms with E-state index < -0.39 is 0 Å². The maximum Gasteiger partial charge on any atom is 0.261 e. The summed E-state index contributed by atoms with van der Waals surface area (Å²) in [7, 11) is 0. The van der Waals surface area contributed by atoms with Crippen LogP contribution in [-0.2, 0) is 19.4 Å². The van der Waals surface area contributed by atoms with E-state index in [4.69, 9.17) is 0 Å². The van der Waals surface area contributed by atoms with Crippen LogP contribution < -0.4 is 0 Å². The molecule has 4 heterocycles. The SMILES string of the molecule is O=C1c2ccccc2C(=O)N1Cc1nc2c3c4c(sc3ncn2n1)CCCC4. The van der Waals surface area contributed by atoms with E-state index in [1.54, 1.807) is 46.4 Å². The van der Waals surface area contributed by atoms with Gasteiger partial charge in [-0.3, -0.25) is 14.5 Å². The highest BCUT2D eigenvalue weighted by Crippen LogP contribution is 2.37. The Morgan fingerprint density at radius 2 is 1.79 bits per heavy atom. The number of thiophene rings is 1. The van der Waals surface area contributed by atoms with Crippen molar-refractivity contribution in [3.05, 3.63) is 58.0 Å². The molecule has 1 aromatic carbocycles. The second-order valence-corrected chi connectivity index (χ2v) is 8.26. The van der Waals surface area contributed by atoms with Gasteiger partial charge >= 0.3 is 0 Å². The van der Waals surface area contributed by atoms with Gasteiger partial charge < -0.3 is 0 Å². The van der Waals surface area contributed by atoms with Gasteiger partial charge in [0.25, 0.3) is 11.8 Å². The van der Waals surface area contributed by atoms with Crippen molar-refractivity contribution in [1.82, 2.24) is 24.5 Å². The largest absolute Gasteiger partial charge is 0.269 e. The number of aryl methyl sites for hydroxylation is 2. The van der Waals surface area contributed by atoms with Gasteiger partial charge in [-0.25, -0.2) is 14.5 Å². The molecular weight excluding hydrogens is 374 g/mol. The summed E-state index contributed by atoms with van der Waals surface area (Å²) in [4.78, 5) is 38.1. The number of nitrogens with zero attached hydrogens (tertiary/aromatic N) is 5. The summed E-state index contributed by atoms with van der Waals surface area (Å²) in [6, 6.07) is 6.88. The Labute approximate surface area is 163 Å². The molecule has 0 radical (unpaired) electrons. The lowest BCUT2D eigenvalue weighted by Gasteiger charge is -2.10. The third-order valence-corrected chi connectivity index (χ3v) is 6.71. The van der Waals surface area contributed by atoms with Gasteiger partial charge in [-0.05, 0) is 43.4 Å². The smallest absolute Gasteiger partial charge is 0.261 e. The molecule has 0 bridgehead atoms. The van der Waals surface area contributed by atoms with E-state index in [2.05, 4.69) is 15.1 Å². The Morgan fingerprint density at radius 3 is 2.57 bits per heavy atom. The second kappa shape index (κ2) is 5.68. The number of imide groups is 1. The van der Waals surface area contributed by atoms with Crippen LogP contribution in [0, 0.1) is 0 Å². The number of hydrogen-bond acceptors (Lipinski definition) is 6. The van der Waals surface area contributed by atoms with Crippen LogP contribution in [0.5, 0.6) is 0 Å². The van der Waals surface area contributed by atoms with E-state index in [9.17, 15) is 9.59 Å². The molecule has 4 aromatic rings. The Hall–Kier alpha value is -3.13. The molecule has 138 valence electrons. The van der Waals surface area contributed by atoms with Gasteiger partial charge in [-0.2, -0.15) is 0 Å². The average Bonchev–Trinajstić information content (AvgIpc) is 3.37. The fourth-order valence-electron chi connectivity index (χ4n) is 4.19. The topological polar surface area (TPSA) is 80.5 Å². The summed E-state index contributed by atoms with van der Waals surface area (Å²) in [5.74, 6) is -0.147. The number of benzene rings is 1. The lowest BCUT2D eigenvalue weighted by Crippen LogP contribution is -2.29. The molecule has 0 spiro atoms. The highest BCUT2D eigenvalue weighted by atomic mass is 32.1. The van der Waals surface area contributed by atoms with Crippen molar-refractivity contribution in [2.75, 3.05) is 0 Å². The quantitative estimate of drug-likeness (QED) is 0.492.